The molecule has 0 amide bonds. The molecule has 0 spiro atoms. The van der Waals surface area contributed by atoms with E-state index in [1.54, 1.807) is 0 Å². The van der Waals surface area contributed by atoms with Crippen molar-refractivity contribution in [1.82, 2.24) is 9.55 Å². The lowest BCUT2D eigenvalue weighted by Gasteiger charge is -2.21. The Balaban J connectivity index is 2.20. The topological polar surface area (TPSA) is 117 Å². The molecule has 17 heavy (non-hydrogen) atoms. The van der Waals surface area contributed by atoms with Crippen LogP contribution in [0, 0.1) is 0 Å². The molecule has 4 atom stereocenters. The first-order chi connectivity index (χ1) is 8.08. The molecule has 4 N–H and O–H groups in total. The van der Waals surface area contributed by atoms with Gasteiger partial charge >= 0.3 is 5.69 Å². The average molecular weight is 241 g/mol. The number of H-pyrrole nitrogens is 1. The van der Waals surface area contributed by atoms with Crippen LogP contribution >= 0.6 is 0 Å². The van der Waals surface area contributed by atoms with Gasteiger partial charge in [-0.2, -0.15) is 0 Å². The molecule has 1 aromatic rings. The van der Waals surface area contributed by atoms with E-state index in [0.29, 0.717) is 0 Å². The van der Waals surface area contributed by atoms with Crippen LogP contribution in [0.15, 0.2) is 15.7 Å². The van der Waals surface area contributed by atoms with E-state index in [1.807, 2.05) is 0 Å². The first kappa shape index (κ1) is 10.5. The molecular formula is C9H11N3O5. The van der Waals surface area contributed by atoms with E-state index in [-0.39, 0.29) is 12.4 Å². The van der Waals surface area contributed by atoms with Gasteiger partial charge in [-0.05, 0) is 0 Å². The second-order valence-corrected chi connectivity index (χ2v) is 4.12. The van der Waals surface area contributed by atoms with Crippen molar-refractivity contribution in [3.8, 4) is 0 Å². The van der Waals surface area contributed by atoms with E-state index in [4.69, 9.17) is 4.74 Å². The van der Waals surface area contributed by atoms with Gasteiger partial charge in [0.05, 0.1) is 0 Å². The second-order valence-electron chi connectivity index (χ2n) is 4.12. The molecule has 8 nitrogen and oxygen atoms in total. The number of aromatic amines is 1. The number of rotatable bonds is 0. The van der Waals surface area contributed by atoms with Gasteiger partial charge in [0.1, 0.15) is 24.1 Å². The summed E-state index contributed by atoms with van der Waals surface area (Å²) in [5, 5.41) is 22.3. The summed E-state index contributed by atoms with van der Waals surface area (Å²) in [6.07, 6.45) is -3.84. The van der Waals surface area contributed by atoms with Gasteiger partial charge in [0.15, 0.2) is 6.23 Å². The predicted molar refractivity (Wildman–Crippen MR) is 55.7 cm³/mol. The van der Waals surface area contributed by atoms with Crippen molar-refractivity contribution in [3.63, 3.8) is 0 Å². The molecule has 92 valence electrons. The van der Waals surface area contributed by atoms with Crippen LogP contribution in [0.4, 0.5) is 5.82 Å². The van der Waals surface area contributed by atoms with Crippen LogP contribution in [-0.2, 0) is 4.74 Å². The van der Waals surface area contributed by atoms with E-state index >= 15 is 0 Å². The summed E-state index contributed by atoms with van der Waals surface area (Å²) >= 11 is 0. The molecule has 1 fully saturated rings. The molecule has 0 saturated carbocycles. The fraction of sp³-hybridized carbons (Fsp3) is 0.556. The Morgan fingerprint density at radius 2 is 2.12 bits per heavy atom. The fourth-order valence-corrected chi connectivity index (χ4v) is 2.21. The van der Waals surface area contributed by atoms with Gasteiger partial charge in [-0.15, -0.1) is 0 Å². The Bertz CT molecular complexity index is 564. The molecule has 1 saturated heterocycles. The number of hydrogen-bond acceptors (Lipinski definition) is 6. The summed E-state index contributed by atoms with van der Waals surface area (Å²) in [5.41, 5.74) is -1.21. The lowest BCUT2D eigenvalue weighted by molar-refractivity contribution is -0.0308. The minimum Gasteiger partial charge on any atom is -0.387 e. The number of hydrogen-bond donors (Lipinski definition) is 4. The number of ether oxygens (including phenoxy) is 1. The first-order valence-electron chi connectivity index (χ1n) is 5.19. The van der Waals surface area contributed by atoms with Crippen LogP contribution in [0.25, 0.3) is 0 Å². The highest BCUT2D eigenvalue weighted by molar-refractivity contribution is 5.36. The molecule has 3 heterocycles. The van der Waals surface area contributed by atoms with Crippen molar-refractivity contribution < 1.29 is 14.9 Å². The maximum atomic E-state index is 11.7. The van der Waals surface area contributed by atoms with Crippen LogP contribution < -0.4 is 16.6 Å². The van der Waals surface area contributed by atoms with Crippen LogP contribution in [0.3, 0.4) is 0 Å². The number of fused-ring (bicyclic) bond motifs is 4. The van der Waals surface area contributed by atoms with Crippen molar-refractivity contribution in [3.05, 3.63) is 26.9 Å². The summed E-state index contributed by atoms with van der Waals surface area (Å²) in [7, 11) is 0. The molecule has 0 aliphatic carbocycles. The molecule has 3 rings (SSSR count). The van der Waals surface area contributed by atoms with Crippen LogP contribution in [0.2, 0.25) is 0 Å². The smallest absolute Gasteiger partial charge is 0.332 e. The predicted octanol–water partition coefficient (Wildman–Crippen LogP) is -2.42. The number of nitrogens with zero attached hydrogens (tertiary/aromatic N) is 1. The number of aliphatic hydroxyl groups excluding tert-OH is 2. The van der Waals surface area contributed by atoms with E-state index in [2.05, 4.69) is 10.3 Å². The quantitative estimate of drug-likeness (QED) is 0.401. The molecule has 1 aromatic heterocycles. The van der Waals surface area contributed by atoms with Crippen LogP contribution in [-0.4, -0.2) is 44.6 Å². The van der Waals surface area contributed by atoms with E-state index < -0.39 is 35.8 Å². The van der Waals surface area contributed by atoms with E-state index in [1.165, 1.54) is 6.07 Å². The zero-order valence-electron chi connectivity index (χ0n) is 8.66. The van der Waals surface area contributed by atoms with Crippen molar-refractivity contribution in [2.45, 2.75) is 24.5 Å². The number of nitrogens with one attached hydrogen (secondary N) is 2. The number of aliphatic hydroxyl groups is 2. The Hall–Kier alpha value is -1.64. The Morgan fingerprint density at radius 1 is 1.35 bits per heavy atom. The van der Waals surface area contributed by atoms with Gasteiger partial charge in [0, 0.05) is 12.6 Å². The maximum absolute atomic E-state index is 11.7. The minimum absolute atomic E-state index is 0.220. The van der Waals surface area contributed by atoms with Gasteiger partial charge < -0.3 is 20.3 Å². The lowest BCUT2D eigenvalue weighted by atomic mass is 10.1. The second kappa shape index (κ2) is 3.42. The van der Waals surface area contributed by atoms with Crippen LogP contribution in [0.1, 0.15) is 6.23 Å². The van der Waals surface area contributed by atoms with Gasteiger partial charge in [-0.25, -0.2) is 9.36 Å². The highest BCUT2D eigenvalue weighted by Crippen LogP contribution is 2.32. The molecule has 8 heteroatoms. The van der Waals surface area contributed by atoms with Crippen molar-refractivity contribution in [2.75, 3.05) is 11.9 Å². The van der Waals surface area contributed by atoms with Gasteiger partial charge in [0.25, 0.3) is 5.56 Å². The zero-order valence-corrected chi connectivity index (χ0v) is 8.66. The third kappa shape index (κ3) is 1.42. The lowest BCUT2D eigenvalue weighted by Crippen LogP contribution is -2.41. The highest BCUT2D eigenvalue weighted by Gasteiger charge is 2.46. The molecule has 2 aliphatic heterocycles. The number of anilines is 1. The maximum Gasteiger partial charge on any atom is 0.332 e. The van der Waals surface area contributed by atoms with Gasteiger partial charge in [0.2, 0.25) is 0 Å². The Kier molecular flexibility index (Phi) is 2.12. The van der Waals surface area contributed by atoms with Crippen molar-refractivity contribution in [1.29, 1.82) is 0 Å². The third-order valence-electron chi connectivity index (χ3n) is 3.05. The molecular weight excluding hydrogens is 230 g/mol. The highest BCUT2D eigenvalue weighted by atomic mass is 16.6. The molecule has 2 bridgehead atoms. The van der Waals surface area contributed by atoms with E-state index in [0.717, 1.165) is 4.57 Å². The Labute approximate surface area is 94.5 Å². The third-order valence-corrected chi connectivity index (χ3v) is 3.05. The normalized spacial score (nSPS) is 34.9. The van der Waals surface area contributed by atoms with Crippen LogP contribution in [0.5, 0.6) is 0 Å². The fourth-order valence-electron chi connectivity index (χ4n) is 2.21. The zero-order chi connectivity index (χ0) is 12.2. The largest absolute Gasteiger partial charge is 0.387 e. The van der Waals surface area contributed by atoms with Gasteiger partial charge in [-0.1, -0.05) is 0 Å². The molecule has 1 unspecified atom stereocenters. The number of aromatic nitrogens is 2. The summed E-state index contributed by atoms with van der Waals surface area (Å²) in [6, 6.07) is 1.21. The molecule has 0 radical (unpaired) electrons. The summed E-state index contributed by atoms with van der Waals surface area (Å²) in [4.78, 5) is 24.9. The minimum atomic E-state index is -1.19. The molecule has 2 aliphatic rings. The van der Waals surface area contributed by atoms with E-state index in [9.17, 15) is 19.8 Å². The van der Waals surface area contributed by atoms with Crippen molar-refractivity contribution in [2.24, 2.45) is 0 Å². The Morgan fingerprint density at radius 3 is 2.88 bits per heavy atom. The average Bonchev–Trinajstić information content (AvgIpc) is 2.49. The first-order valence-corrected chi connectivity index (χ1v) is 5.19. The monoisotopic (exact) mass is 241 g/mol. The summed E-state index contributed by atoms with van der Waals surface area (Å²) in [6.45, 7) is 0.220. The van der Waals surface area contributed by atoms with Crippen molar-refractivity contribution >= 4 is 5.82 Å². The summed E-state index contributed by atoms with van der Waals surface area (Å²) < 4.78 is 6.47. The summed E-state index contributed by atoms with van der Waals surface area (Å²) in [5.74, 6) is 0.275. The standard InChI is InChI=1S/C9H11N3O5/c13-5-1-4-10-2-3-6(14)7(15)8(17-3)12(4)9(16)11-5/h1,3,6-8,10,14-15H,2H2,(H,11,13,16)/t3-,6+,7?,8+/m1/s1. The SMILES string of the molecule is O=c1cc2n(c(=O)[nH]1)[C@H]1O[C@H](CN2)[C@H](O)C1O. The van der Waals surface area contributed by atoms with Gasteiger partial charge in [-0.3, -0.25) is 9.78 Å². The molecule has 0 aromatic carbocycles.